The zero-order chi connectivity index (χ0) is 21.7. The van der Waals surface area contributed by atoms with Crippen LogP contribution < -0.4 is 5.32 Å². The number of hydrogen-bond donors (Lipinski definition) is 1. The fourth-order valence-electron chi connectivity index (χ4n) is 3.53. The smallest absolute Gasteiger partial charge is 0.348 e. The first-order chi connectivity index (χ1) is 14.2. The molecule has 162 valence electrons. The highest BCUT2D eigenvalue weighted by atomic mass is 19.4. The van der Waals surface area contributed by atoms with Gasteiger partial charge in [-0.25, -0.2) is 4.39 Å². The highest BCUT2D eigenvalue weighted by molar-refractivity contribution is 5.78. The summed E-state index contributed by atoms with van der Waals surface area (Å²) in [6.45, 7) is 5.23. The molecule has 1 aliphatic heterocycles. The van der Waals surface area contributed by atoms with E-state index in [4.69, 9.17) is 0 Å². The first-order valence-corrected chi connectivity index (χ1v) is 9.86. The number of benzene rings is 2. The molecule has 1 heterocycles. The van der Waals surface area contributed by atoms with Crippen molar-refractivity contribution in [3.8, 4) is 0 Å². The predicted octanol–water partition coefficient (Wildman–Crippen LogP) is 3.84. The van der Waals surface area contributed by atoms with Crippen molar-refractivity contribution in [3.05, 3.63) is 71.0 Å². The van der Waals surface area contributed by atoms with Crippen molar-refractivity contribution < 1.29 is 22.4 Å². The molecule has 4 nitrogen and oxygen atoms in total. The molecule has 1 saturated heterocycles. The van der Waals surface area contributed by atoms with Gasteiger partial charge in [0.15, 0.2) is 0 Å². The summed E-state index contributed by atoms with van der Waals surface area (Å²) >= 11 is 0. The summed E-state index contributed by atoms with van der Waals surface area (Å²) in [4.78, 5) is 16.4. The van der Waals surface area contributed by atoms with Crippen LogP contribution in [0.25, 0.3) is 0 Å². The van der Waals surface area contributed by atoms with Crippen molar-refractivity contribution in [1.29, 1.82) is 0 Å². The van der Waals surface area contributed by atoms with Crippen molar-refractivity contribution >= 4 is 5.91 Å². The minimum absolute atomic E-state index is 0.113. The van der Waals surface area contributed by atoms with Crippen LogP contribution in [0.4, 0.5) is 17.6 Å². The fourth-order valence-corrected chi connectivity index (χ4v) is 3.53. The molecule has 1 fully saturated rings. The Morgan fingerprint density at radius 3 is 2.30 bits per heavy atom. The van der Waals surface area contributed by atoms with Gasteiger partial charge in [-0.1, -0.05) is 30.3 Å². The van der Waals surface area contributed by atoms with Crippen LogP contribution in [-0.2, 0) is 17.5 Å². The molecule has 1 atom stereocenters. The number of nitrogens with zero attached hydrogens (tertiary/aromatic N) is 2. The SMILES string of the molecule is CC(NC(=O)CN1CCN(Cc2cccc(C(F)(F)F)c2)CC1)c1ccc(F)cc1. The van der Waals surface area contributed by atoms with Crippen LogP contribution in [0.15, 0.2) is 48.5 Å². The van der Waals surface area contributed by atoms with Gasteiger partial charge >= 0.3 is 6.18 Å². The lowest BCUT2D eigenvalue weighted by Gasteiger charge is -2.34. The molecule has 0 saturated carbocycles. The Morgan fingerprint density at radius 1 is 1.03 bits per heavy atom. The van der Waals surface area contributed by atoms with Gasteiger partial charge in [0.1, 0.15) is 5.82 Å². The van der Waals surface area contributed by atoms with Crippen molar-refractivity contribution in [2.24, 2.45) is 0 Å². The topological polar surface area (TPSA) is 35.6 Å². The standard InChI is InChI=1S/C22H25F4N3O/c1-16(18-5-7-20(23)8-6-18)27-21(30)15-29-11-9-28(10-12-29)14-17-3-2-4-19(13-17)22(24,25)26/h2-8,13,16H,9-12,14-15H2,1H3,(H,27,30). The molecule has 1 amide bonds. The van der Waals surface area contributed by atoms with E-state index < -0.39 is 11.7 Å². The van der Waals surface area contributed by atoms with Gasteiger partial charge in [0, 0.05) is 32.7 Å². The average Bonchev–Trinajstić information content (AvgIpc) is 2.69. The largest absolute Gasteiger partial charge is 0.416 e. The number of nitrogens with one attached hydrogen (secondary N) is 1. The Kier molecular flexibility index (Phi) is 7.10. The second-order valence-corrected chi connectivity index (χ2v) is 7.59. The van der Waals surface area contributed by atoms with E-state index in [0.29, 0.717) is 38.3 Å². The molecule has 3 rings (SSSR count). The van der Waals surface area contributed by atoms with Crippen molar-refractivity contribution in [3.63, 3.8) is 0 Å². The normalized spacial score (nSPS) is 17.0. The number of halogens is 4. The van der Waals surface area contributed by atoms with Crippen LogP contribution in [0.1, 0.15) is 29.7 Å². The summed E-state index contributed by atoms with van der Waals surface area (Å²) in [5.41, 5.74) is 0.824. The number of rotatable bonds is 6. The maximum Gasteiger partial charge on any atom is 0.416 e. The fraction of sp³-hybridized carbons (Fsp3) is 0.409. The molecular weight excluding hydrogens is 398 g/mol. The van der Waals surface area contributed by atoms with E-state index in [-0.39, 0.29) is 24.3 Å². The van der Waals surface area contributed by atoms with E-state index in [1.807, 2.05) is 11.8 Å². The predicted molar refractivity (Wildman–Crippen MR) is 106 cm³/mol. The van der Waals surface area contributed by atoms with Gasteiger partial charge < -0.3 is 5.32 Å². The van der Waals surface area contributed by atoms with Crippen molar-refractivity contribution in [2.45, 2.75) is 25.7 Å². The van der Waals surface area contributed by atoms with Gasteiger partial charge in [-0.15, -0.1) is 0 Å². The third-order valence-corrected chi connectivity index (χ3v) is 5.24. The third kappa shape index (κ3) is 6.27. The summed E-state index contributed by atoms with van der Waals surface area (Å²) in [6.07, 6.45) is -4.34. The maximum absolute atomic E-state index is 13.0. The molecule has 0 spiro atoms. The Hall–Kier alpha value is -2.45. The van der Waals surface area contributed by atoms with Crippen LogP contribution in [0, 0.1) is 5.82 Å². The van der Waals surface area contributed by atoms with E-state index >= 15 is 0 Å². The van der Waals surface area contributed by atoms with E-state index in [1.54, 1.807) is 18.2 Å². The van der Waals surface area contributed by atoms with E-state index in [2.05, 4.69) is 10.2 Å². The Bertz CT molecular complexity index is 846. The van der Waals surface area contributed by atoms with Crippen LogP contribution >= 0.6 is 0 Å². The van der Waals surface area contributed by atoms with Gasteiger partial charge in [0.05, 0.1) is 18.2 Å². The summed E-state index contributed by atoms with van der Waals surface area (Å²) in [6, 6.07) is 11.2. The number of hydrogen-bond acceptors (Lipinski definition) is 3. The monoisotopic (exact) mass is 423 g/mol. The number of piperazine rings is 1. The Balaban J connectivity index is 1.44. The van der Waals surface area contributed by atoms with E-state index in [9.17, 15) is 22.4 Å². The number of carbonyl (C=O) groups is 1. The zero-order valence-electron chi connectivity index (χ0n) is 16.8. The Labute approximate surface area is 173 Å². The Morgan fingerprint density at radius 2 is 1.67 bits per heavy atom. The van der Waals surface area contributed by atoms with Crippen molar-refractivity contribution in [1.82, 2.24) is 15.1 Å². The van der Waals surface area contributed by atoms with Gasteiger partial charge in [0.25, 0.3) is 0 Å². The lowest BCUT2D eigenvalue weighted by molar-refractivity contribution is -0.137. The lowest BCUT2D eigenvalue weighted by atomic mass is 10.1. The summed E-state index contributed by atoms with van der Waals surface area (Å²) in [7, 11) is 0. The maximum atomic E-state index is 13.0. The molecule has 30 heavy (non-hydrogen) atoms. The number of alkyl halides is 3. The first-order valence-electron chi connectivity index (χ1n) is 9.86. The molecule has 0 aliphatic carbocycles. The van der Waals surface area contributed by atoms with Gasteiger partial charge in [-0.2, -0.15) is 13.2 Å². The summed E-state index contributed by atoms with van der Waals surface area (Å²) in [5, 5.41) is 2.91. The average molecular weight is 423 g/mol. The molecule has 1 N–H and O–H groups in total. The molecular formula is C22H25F4N3O. The second-order valence-electron chi connectivity index (χ2n) is 7.59. The van der Waals surface area contributed by atoms with E-state index in [1.165, 1.54) is 24.3 Å². The van der Waals surface area contributed by atoms with Crippen LogP contribution in [0.3, 0.4) is 0 Å². The van der Waals surface area contributed by atoms with Gasteiger partial charge in [-0.3, -0.25) is 14.6 Å². The molecule has 0 bridgehead atoms. The third-order valence-electron chi connectivity index (χ3n) is 5.24. The molecule has 2 aromatic rings. The number of amides is 1. The minimum Gasteiger partial charge on any atom is -0.348 e. The molecule has 8 heteroatoms. The molecule has 1 aliphatic rings. The second kappa shape index (κ2) is 9.57. The van der Waals surface area contributed by atoms with Gasteiger partial charge in [0.2, 0.25) is 5.91 Å². The highest BCUT2D eigenvalue weighted by Gasteiger charge is 2.30. The van der Waals surface area contributed by atoms with E-state index in [0.717, 1.165) is 11.6 Å². The zero-order valence-corrected chi connectivity index (χ0v) is 16.8. The first kappa shape index (κ1) is 22.2. The molecule has 1 unspecified atom stereocenters. The van der Waals surface area contributed by atoms with Crippen molar-refractivity contribution in [2.75, 3.05) is 32.7 Å². The molecule has 2 aromatic carbocycles. The van der Waals surface area contributed by atoms with Crippen LogP contribution in [0.5, 0.6) is 0 Å². The summed E-state index contributed by atoms with van der Waals surface area (Å²) < 4.78 is 51.6. The molecule has 0 radical (unpaired) electrons. The quantitative estimate of drug-likeness (QED) is 0.718. The summed E-state index contributed by atoms with van der Waals surface area (Å²) in [5.74, 6) is -0.432. The van der Waals surface area contributed by atoms with Crippen LogP contribution in [-0.4, -0.2) is 48.4 Å². The van der Waals surface area contributed by atoms with Gasteiger partial charge in [-0.05, 0) is 36.2 Å². The van der Waals surface area contributed by atoms with Crippen LogP contribution in [0.2, 0.25) is 0 Å². The minimum atomic E-state index is -4.34. The lowest BCUT2D eigenvalue weighted by Crippen LogP contribution is -2.49. The number of carbonyl (C=O) groups excluding carboxylic acids is 1. The highest BCUT2D eigenvalue weighted by Crippen LogP contribution is 2.29. The molecule has 0 aromatic heterocycles.